The quantitative estimate of drug-likeness (QED) is 0.174. The van der Waals surface area contributed by atoms with Gasteiger partial charge in [-0.1, -0.05) is 54.7 Å². The number of nitrogens with zero attached hydrogens (tertiary/aromatic N) is 2. The Kier molecular flexibility index (Phi) is 11.3. The normalized spacial score (nSPS) is 20.2. The first-order chi connectivity index (χ1) is 22.8. The zero-order valence-electron chi connectivity index (χ0n) is 27.1. The summed E-state index contributed by atoms with van der Waals surface area (Å²) in [6, 6.07) is 15.0. The summed E-state index contributed by atoms with van der Waals surface area (Å²) < 4.78 is 34.9. The Morgan fingerprint density at radius 3 is 2.06 bits per heavy atom. The first kappa shape index (κ1) is 35.7. The Balaban J connectivity index is 2.09. The fourth-order valence-corrected chi connectivity index (χ4v) is 6.18. The molecule has 0 radical (unpaired) electrons. The van der Waals surface area contributed by atoms with Gasteiger partial charge in [-0.2, -0.15) is 5.26 Å². The molecule has 0 N–H and O–H groups in total. The number of rotatable bonds is 9. The van der Waals surface area contributed by atoms with E-state index in [1.807, 2.05) is 30.3 Å². The third-order valence-electron chi connectivity index (χ3n) is 7.53. The van der Waals surface area contributed by atoms with Crippen molar-refractivity contribution in [3.63, 3.8) is 0 Å². The highest BCUT2D eigenvalue weighted by molar-refractivity contribution is 7.71. The van der Waals surface area contributed by atoms with Crippen LogP contribution in [0.15, 0.2) is 42.5 Å². The van der Waals surface area contributed by atoms with Crippen molar-refractivity contribution >= 4 is 52.8 Å². The number of hydrogen-bond acceptors (Lipinski definition) is 13. The predicted octanol–water partition coefficient (Wildman–Crippen LogP) is 4.65. The smallest absolute Gasteiger partial charge is 0.340 e. The van der Waals surface area contributed by atoms with Gasteiger partial charge in [0.15, 0.2) is 24.5 Å². The minimum atomic E-state index is -1.54. The molecule has 1 saturated heterocycles. The van der Waals surface area contributed by atoms with Crippen molar-refractivity contribution in [3.05, 3.63) is 63.9 Å². The van der Waals surface area contributed by atoms with Gasteiger partial charge >= 0.3 is 29.8 Å². The molecule has 13 nitrogen and oxygen atoms in total. The largest absolute Gasteiger partial charge is 0.463 e. The highest BCUT2D eigenvalue weighted by Gasteiger charge is 2.53. The second-order valence-corrected chi connectivity index (χ2v) is 11.2. The Bertz CT molecular complexity index is 1870. The van der Waals surface area contributed by atoms with E-state index in [1.165, 1.54) is 4.57 Å². The van der Waals surface area contributed by atoms with E-state index in [9.17, 15) is 29.2 Å². The van der Waals surface area contributed by atoms with Gasteiger partial charge < -0.3 is 33.0 Å². The zero-order chi connectivity index (χ0) is 35.3. The van der Waals surface area contributed by atoms with E-state index in [2.05, 4.69) is 6.07 Å². The lowest BCUT2D eigenvalue weighted by molar-refractivity contribution is -0.269. The van der Waals surface area contributed by atoms with Crippen LogP contribution < -0.4 is 0 Å². The first-order valence-corrected chi connectivity index (χ1v) is 15.4. The molecule has 3 aromatic rings. The highest BCUT2D eigenvalue weighted by Crippen LogP contribution is 2.41. The summed E-state index contributed by atoms with van der Waals surface area (Å²) in [6.07, 6.45) is -7.27. The number of pyridine rings is 1. The molecule has 48 heavy (non-hydrogen) atoms. The Morgan fingerprint density at radius 1 is 0.854 bits per heavy atom. The average molecular weight is 679 g/mol. The summed E-state index contributed by atoms with van der Waals surface area (Å²) in [7, 11) is 0. The number of carbonyl (C=O) groups excluding carboxylic acids is 5. The lowest BCUT2D eigenvalue weighted by atomic mass is 9.90. The lowest BCUT2D eigenvalue weighted by Gasteiger charge is -2.45. The van der Waals surface area contributed by atoms with Crippen LogP contribution in [-0.2, 0) is 47.6 Å². The molecule has 0 amide bonds. The molecule has 5 atom stereocenters. The van der Waals surface area contributed by atoms with Crippen molar-refractivity contribution in [3.8, 4) is 17.2 Å². The van der Waals surface area contributed by atoms with E-state index in [4.69, 9.17) is 40.6 Å². The second-order valence-electron chi connectivity index (χ2n) is 10.8. The van der Waals surface area contributed by atoms with E-state index in [1.54, 1.807) is 26.0 Å². The number of carbonyl (C=O) groups is 5. The van der Waals surface area contributed by atoms with Crippen molar-refractivity contribution in [2.45, 2.75) is 72.2 Å². The number of ether oxygens (including phenoxy) is 6. The highest BCUT2D eigenvalue weighted by atomic mass is 32.1. The van der Waals surface area contributed by atoms with Gasteiger partial charge in [-0.25, -0.2) is 4.79 Å². The Hall–Kier alpha value is -5.13. The van der Waals surface area contributed by atoms with Crippen LogP contribution in [0.5, 0.6) is 0 Å². The van der Waals surface area contributed by atoms with Crippen LogP contribution in [0.3, 0.4) is 0 Å². The maximum atomic E-state index is 13.8. The van der Waals surface area contributed by atoms with Gasteiger partial charge in [0.05, 0.1) is 17.7 Å². The van der Waals surface area contributed by atoms with Gasteiger partial charge in [0.1, 0.15) is 23.4 Å². The predicted molar refractivity (Wildman–Crippen MR) is 171 cm³/mol. The van der Waals surface area contributed by atoms with Gasteiger partial charge in [-0.15, -0.1) is 0 Å². The van der Waals surface area contributed by atoms with Crippen LogP contribution in [-0.4, -0.2) is 72.0 Å². The molecule has 1 aromatic heterocycles. The molecule has 14 heteroatoms. The maximum Gasteiger partial charge on any atom is 0.340 e. The molecule has 1 aliphatic heterocycles. The van der Waals surface area contributed by atoms with E-state index in [0.29, 0.717) is 5.56 Å². The molecule has 1 fully saturated rings. The molecule has 252 valence electrons. The molecule has 2 aromatic carbocycles. The summed E-state index contributed by atoms with van der Waals surface area (Å²) in [6.45, 7) is 7.17. The van der Waals surface area contributed by atoms with Crippen molar-refractivity contribution in [1.82, 2.24) is 4.57 Å². The van der Waals surface area contributed by atoms with Crippen molar-refractivity contribution in [2.75, 3.05) is 13.2 Å². The molecule has 0 saturated carbocycles. The number of aromatic nitrogens is 1. The molecule has 2 heterocycles. The third-order valence-corrected chi connectivity index (χ3v) is 7.93. The molecule has 0 spiro atoms. The SMILES string of the molecule is CCOC(=O)c1c(-c2cccc3ccccc23)c(C#N)c(=S)n([C@H]2O[C@@H](COC(C)=O)[C@@H](OC(C)=O)[C@@H](OC(C)=O)[C@@H]2OC(C)=O)c1C. The van der Waals surface area contributed by atoms with Crippen LogP contribution in [0.1, 0.15) is 62.5 Å². The van der Waals surface area contributed by atoms with Gasteiger partial charge in [0, 0.05) is 39.0 Å². The molecule has 4 rings (SSSR count). The Labute approximate surface area is 281 Å². The summed E-state index contributed by atoms with van der Waals surface area (Å²) >= 11 is 5.91. The summed E-state index contributed by atoms with van der Waals surface area (Å²) in [5, 5.41) is 12.2. The monoisotopic (exact) mass is 678 g/mol. The summed E-state index contributed by atoms with van der Waals surface area (Å²) in [5.41, 5.74) is 0.795. The topological polar surface area (TPSA) is 169 Å². The van der Waals surface area contributed by atoms with Gasteiger partial charge in [0.25, 0.3) is 0 Å². The molecule has 0 aliphatic carbocycles. The van der Waals surface area contributed by atoms with Gasteiger partial charge in [-0.3, -0.25) is 19.2 Å². The molecular formula is C34H34N2O11S. The summed E-state index contributed by atoms with van der Waals surface area (Å²) in [5.74, 6) is -3.90. The van der Waals surface area contributed by atoms with E-state index in [0.717, 1.165) is 38.5 Å². The molecule has 1 aliphatic rings. The second kappa shape index (κ2) is 15.2. The minimum Gasteiger partial charge on any atom is -0.463 e. The van der Waals surface area contributed by atoms with E-state index in [-0.39, 0.29) is 33.6 Å². The average Bonchev–Trinajstić information content (AvgIpc) is 3.01. The summed E-state index contributed by atoms with van der Waals surface area (Å²) in [4.78, 5) is 62.7. The number of hydrogen-bond donors (Lipinski definition) is 0. The fraction of sp³-hybridized carbons (Fsp3) is 0.382. The standard InChI is InChI=1S/C34H34N2O11S/c1-7-42-34(41)27-17(2)36(33(48)25(15-35)28(27)24-14-10-12-22-11-8-9-13-23(22)24)32-31(46-21(6)40)30(45-20(5)39)29(44-19(4)38)26(47-32)16-43-18(3)37/h8-14,26,29-32H,7,16H2,1-6H3/t26-,29+,30+,31-,32-/m0/s1. The van der Waals surface area contributed by atoms with Crippen molar-refractivity contribution in [1.29, 1.82) is 5.26 Å². The number of esters is 5. The van der Waals surface area contributed by atoms with Crippen LogP contribution in [0.25, 0.3) is 21.9 Å². The van der Waals surface area contributed by atoms with Crippen molar-refractivity contribution in [2.24, 2.45) is 0 Å². The van der Waals surface area contributed by atoms with Crippen LogP contribution in [0.2, 0.25) is 0 Å². The first-order valence-electron chi connectivity index (χ1n) is 15.0. The number of nitriles is 1. The molecule has 0 bridgehead atoms. The maximum absolute atomic E-state index is 13.8. The third kappa shape index (κ3) is 7.37. The lowest BCUT2D eigenvalue weighted by Crippen LogP contribution is -2.60. The minimum absolute atomic E-state index is 0.00379. The van der Waals surface area contributed by atoms with Crippen LogP contribution in [0, 0.1) is 22.9 Å². The zero-order valence-corrected chi connectivity index (χ0v) is 28.0. The van der Waals surface area contributed by atoms with Crippen molar-refractivity contribution < 1.29 is 52.4 Å². The van der Waals surface area contributed by atoms with E-state index >= 15 is 0 Å². The van der Waals surface area contributed by atoms with Crippen LogP contribution in [0.4, 0.5) is 0 Å². The van der Waals surface area contributed by atoms with Gasteiger partial charge in [0.2, 0.25) is 0 Å². The fourth-order valence-electron chi connectivity index (χ4n) is 5.80. The molecule has 0 unspecified atom stereocenters. The van der Waals surface area contributed by atoms with Crippen LogP contribution >= 0.6 is 12.2 Å². The number of benzene rings is 2. The van der Waals surface area contributed by atoms with E-state index < -0.39 is 67.1 Å². The molecular weight excluding hydrogens is 644 g/mol. The Morgan fingerprint density at radius 2 is 1.46 bits per heavy atom. The van der Waals surface area contributed by atoms with Gasteiger partial charge in [-0.05, 0) is 30.2 Å². The number of fused-ring (bicyclic) bond motifs is 1.